The summed E-state index contributed by atoms with van der Waals surface area (Å²) in [5.74, 6) is -1.17. The molecule has 1 saturated heterocycles. The zero-order valence-electron chi connectivity index (χ0n) is 15.7. The van der Waals surface area contributed by atoms with E-state index in [1.807, 2.05) is 11.0 Å². The molecule has 1 heterocycles. The second kappa shape index (κ2) is 8.35. The van der Waals surface area contributed by atoms with Gasteiger partial charge in [0, 0.05) is 19.6 Å². The molecule has 0 bridgehead atoms. The Bertz CT molecular complexity index is 690. The van der Waals surface area contributed by atoms with Crippen LogP contribution in [0.5, 0.6) is 0 Å². The minimum atomic E-state index is -0.891. The SMILES string of the molecule is CN(CC(=O)O)CC1CN(C(=O)C2(c3cccc(F)c3)CCCC2)CCO1. The Morgan fingerprint density at radius 2 is 2.11 bits per heavy atom. The number of nitrogens with zero attached hydrogens (tertiary/aromatic N) is 2. The number of aliphatic carboxylic acids is 1. The zero-order valence-corrected chi connectivity index (χ0v) is 15.7. The van der Waals surface area contributed by atoms with Crippen LogP contribution in [0.2, 0.25) is 0 Å². The molecule has 0 spiro atoms. The number of hydrogen-bond acceptors (Lipinski definition) is 4. The minimum Gasteiger partial charge on any atom is -0.480 e. The second-order valence-corrected chi connectivity index (χ2v) is 7.63. The van der Waals surface area contributed by atoms with E-state index in [1.54, 1.807) is 18.0 Å². The van der Waals surface area contributed by atoms with Gasteiger partial charge < -0.3 is 14.7 Å². The molecule has 7 heteroatoms. The molecule has 1 aliphatic heterocycles. The number of ether oxygens (including phenoxy) is 1. The van der Waals surface area contributed by atoms with Gasteiger partial charge in [0.25, 0.3) is 0 Å². The molecule has 27 heavy (non-hydrogen) atoms. The lowest BCUT2D eigenvalue weighted by molar-refractivity contribution is -0.146. The number of likely N-dealkylation sites (N-methyl/N-ethyl adjacent to an activating group) is 1. The second-order valence-electron chi connectivity index (χ2n) is 7.63. The molecule has 2 aliphatic rings. The van der Waals surface area contributed by atoms with Crippen LogP contribution >= 0.6 is 0 Å². The molecule has 0 aromatic heterocycles. The molecule has 6 nitrogen and oxygen atoms in total. The Labute approximate surface area is 158 Å². The third kappa shape index (κ3) is 4.47. The van der Waals surface area contributed by atoms with E-state index < -0.39 is 11.4 Å². The predicted octanol–water partition coefficient (Wildman–Crippen LogP) is 1.88. The number of carbonyl (C=O) groups is 2. The Kier molecular flexibility index (Phi) is 6.11. The van der Waals surface area contributed by atoms with Crippen LogP contribution in [-0.2, 0) is 19.7 Å². The quantitative estimate of drug-likeness (QED) is 0.819. The molecule has 1 aromatic carbocycles. The van der Waals surface area contributed by atoms with E-state index in [4.69, 9.17) is 9.84 Å². The monoisotopic (exact) mass is 378 g/mol. The van der Waals surface area contributed by atoms with Gasteiger partial charge in [-0.2, -0.15) is 0 Å². The van der Waals surface area contributed by atoms with E-state index in [2.05, 4.69) is 0 Å². The number of carboxylic acid groups (broad SMARTS) is 1. The van der Waals surface area contributed by atoms with Crippen molar-refractivity contribution in [1.29, 1.82) is 0 Å². The van der Waals surface area contributed by atoms with Crippen molar-refractivity contribution in [1.82, 2.24) is 9.80 Å². The summed E-state index contributed by atoms with van der Waals surface area (Å²) < 4.78 is 19.6. The topological polar surface area (TPSA) is 70.1 Å². The van der Waals surface area contributed by atoms with Crippen molar-refractivity contribution in [3.8, 4) is 0 Å². The predicted molar refractivity (Wildman–Crippen MR) is 98.0 cm³/mol. The number of morpholine rings is 1. The minimum absolute atomic E-state index is 0.0415. The van der Waals surface area contributed by atoms with Crippen LogP contribution in [0.15, 0.2) is 24.3 Å². The highest BCUT2D eigenvalue weighted by Gasteiger charge is 2.46. The van der Waals surface area contributed by atoms with Gasteiger partial charge in [-0.25, -0.2) is 4.39 Å². The van der Waals surface area contributed by atoms with Crippen molar-refractivity contribution in [3.05, 3.63) is 35.6 Å². The number of amides is 1. The van der Waals surface area contributed by atoms with Gasteiger partial charge in [-0.1, -0.05) is 25.0 Å². The summed E-state index contributed by atoms with van der Waals surface area (Å²) in [5, 5.41) is 8.90. The van der Waals surface area contributed by atoms with E-state index in [0.29, 0.717) is 26.2 Å². The van der Waals surface area contributed by atoms with Gasteiger partial charge in [-0.3, -0.25) is 14.5 Å². The molecule has 1 aromatic rings. The van der Waals surface area contributed by atoms with Crippen LogP contribution in [0.4, 0.5) is 4.39 Å². The number of carbonyl (C=O) groups excluding carboxylic acids is 1. The van der Waals surface area contributed by atoms with E-state index in [1.165, 1.54) is 12.1 Å². The number of benzene rings is 1. The Hall–Kier alpha value is -1.99. The maximum absolute atomic E-state index is 13.8. The van der Waals surface area contributed by atoms with Gasteiger partial charge >= 0.3 is 5.97 Å². The first kappa shape index (κ1) is 19.8. The van der Waals surface area contributed by atoms with Crippen molar-refractivity contribution in [2.75, 3.05) is 39.8 Å². The molecule has 3 rings (SSSR count). The van der Waals surface area contributed by atoms with Crippen LogP contribution < -0.4 is 0 Å². The molecule has 1 amide bonds. The summed E-state index contributed by atoms with van der Waals surface area (Å²) in [7, 11) is 1.73. The normalized spacial score (nSPS) is 22.2. The van der Waals surface area contributed by atoms with Gasteiger partial charge in [0.15, 0.2) is 0 Å². The van der Waals surface area contributed by atoms with Crippen LogP contribution in [0.3, 0.4) is 0 Å². The average Bonchev–Trinajstić information content (AvgIpc) is 3.11. The summed E-state index contributed by atoms with van der Waals surface area (Å²) >= 11 is 0. The molecular weight excluding hydrogens is 351 g/mol. The molecule has 148 valence electrons. The van der Waals surface area contributed by atoms with Crippen molar-refractivity contribution >= 4 is 11.9 Å². The summed E-state index contributed by atoms with van der Waals surface area (Å²) in [6.07, 6.45) is 3.15. The van der Waals surface area contributed by atoms with E-state index >= 15 is 0 Å². The molecule has 1 N–H and O–H groups in total. The van der Waals surface area contributed by atoms with Crippen molar-refractivity contribution < 1.29 is 23.8 Å². The first-order valence-electron chi connectivity index (χ1n) is 9.48. The van der Waals surface area contributed by atoms with Gasteiger partial charge in [0.05, 0.1) is 24.7 Å². The molecule has 1 atom stereocenters. The fourth-order valence-electron chi connectivity index (χ4n) is 4.35. The maximum Gasteiger partial charge on any atom is 0.317 e. The van der Waals surface area contributed by atoms with Crippen molar-refractivity contribution in [2.45, 2.75) is 37.2 Å². The van der Waals surface area contributed by atoms with Crippen LogP contribution in [0.1, 0.15) is 31.2 Å². The number of carboxylic acids is 1. The summed E-state index contributed by atoms with van der Waals surface area (Å²) in [4.78, 5) is 27.8. The largest absolute Gasteiger partial charge is 0.480 e. The lowest BCUT2D eigenvalue weighted by Gasteiger charge is -2.40. The fourth-order valence-corrected chi connectivity index (χ4v) is 4.35. The molecular formula is C20H27FN2O4. The summed E-state index contributed by atoms with van der Waals surface area (Å²) in [6, 6.07) is 6.41. The zero-order chi connectivity index (χ0) is 19.4. The lowest BCUT2D eigenvalue weighted by atomic mass is 9.77. The van der Waals surface area contributed by atoms with Crippen molar-refractivity contribution in [3.63, 3.8) is 0 Å². The molecule has 1 unspecified atom stereocenters. The van der Waals surface area contributed by atoms with Gasteiger partial charge in [-0.15, -0.1) is 0 Å². The molecule has 2 fully saturated rings. The van der Waals surface area contributed by atoms with E-state index in [-0.39, 0.29) is 24.4 Å². The molecule has 0 radical (unpaired) electrons. The smallest absolute Gasteiger partial charge is 0.317 e. The first-order valence-corrected chi connectivity index (χ1v) is 9.48. The Morgan fingerprint density at radius 1 is 1.37 bits per heavy atom. The lowest BCUT2D eigenvalue weighted by Crippen LogP contribution is -2.54. The summed E-state index contributed by atoms with van der Waals surface area (Å²) in [5.41, 5.74) is 0.104. The third-order valence-electron chi connectivity index (χ3n) is 5.59. The number of rotatable bonds is 6. The van der Waals surface area contributed by atoms with Gasteiger partial charge in [0.1, 0.15) is 5.82 Å². The first-order chi connectivity index (χ1) is 12.9. The number of hydrogen-bond donors (Lipinski definition) is 1. The highest BCUT2D eigenvalue weighted by Crippen LogP contribution is 2.43. The Balaban J connectivity index is 1.73. The summed E-state index contributed by atoms with van der Waals surface area (Å²) in [6.45, 7) is 1.75. The Morgan fingerprint density at radius 3 is 2.78 bits per heavy atom. The van der Waals surface area contributed by atoms with Gasteiger partial charge in [0.2, 0.25) is 5.91 Å². The van der Waals surface area contributed by atoms with Crippen LogP contribution in [0.25, 0.3) is 0 Å². The average molecular weight is 378 g/mol. The highest BCUT2D eigenvalue weighted by molar-refractivity contribution is 5.88. The molecule has 1 saturated carbocycles. The fraction of sp³-hybridized carbons (Fsp3) is 0.600. The maximum atomic E-state index is 13.8. The van der Waals surface area contributed by atoms with E-state index in [9.17, 15) is 14.0 Å². The van der Waals surface area contributed by atoms with Gasteiger partial charge in [-0.05, 0) is 37.6 Å². The standard InChI is InChI=1S/C20H27FN2O4/c1-22(14-18(24)25)12-17-13-23(9-10-27-17)19(26)20(7-2-3-8-20)15-5-4-6-16(21)11-15/h4-6,11,17H,2-3,7-10,12-14H2,1H3,(H,24,25). The molecule has 1 aliphatic carbocycles. The third-order valence-corrected chi connectivity index (χ3v) is 5.59. The highest BCUT2D eigenvalue weighted by atomic mass is 19.1. The number of halogens is 1. The van der Waals surface area contributed by atoms with E-state index in [0.717, 1.165) is 31.2 Å². The van der Waals surface area contributed by atoms with Crippen molar-refractivity contribution in [2.24, 2.45) is 0 Å². The van der Waals surface area contributed by atoms with Crippen LogP contribution in [0, 0.1) is 5.82 Å². The van der Waals surface area contributed by atoms with Crippen LogP contribution in [-0.4, -0.2) is 72.7 Å².